The molecule has 0 heterocycles. The number of rotatable bonds is 13. The predicted octanol–water partition coefficient (Wildman–Crippen LogP) is 4.59. The van der Waals surface area contributed by atoms with Gasteiger partial charge in [0.25, 0.3) is 0 Å². The van der Waals surface area contributed by atoms with E-state index in [4.69, 9.17) is 4.74 Å². The quantitative estimate of drug-likeness (QED) is 0.320. The Balaban J connectivity index is 1.68. The van der Waals surface area contributed by atoms with E-state index in [1.54, 1.807) is 0 Å². The minimum atomic E-state index is -4.00. The van der Waals surface area contributed by atoms with Crippen LogP contribution in [0.3, 0.4) is 0 Å². The van der Waals surface area contributed by atoms with Gasteiger partial charge in [0.05, 0.1) is 6.10 Å². The van der Waals surface area contributed by atoms with Gasteiger partial charge in [-0.2, -0.15) is 4.31 Å². The topological polar surface area (TPSA) is 49.9 Å². The van der Waals surface area contributed by atoms with Crippen LogP contribution >= 0.6 is 0 Å². The van der Waals surface area contributed by atoms with Crippen LogP contribution in [0, 0.1) is 11.6 Å². The first kappa shape index (κ1) is 25.9. The molecule has 1 saturated carbocycles. The number of halogens is 2. The van der Waals surface area contributed by atoms with Gasteiger partial charge in [0.1, 0.15) is 16.5 Å². The van der Waals surface area contributed by atoms with E-state index in [0.717, 1.165) is 57.5 Å². The number of sulfonamides is 1. The van der Waals surface area contributed by atoms with E-state index in [0.29, 0.717) is 18.9 Å². The van der Waals surface area contributed by atoms with Gasteiger partial charge in [-0.15, -0.1) is 6.58 Å². The van der Waals surface area contributed by atoms with E-state index in [2.05, 4.69) is 18.5 Å². The third-order valence-corrected chi connectivity index (χ3v) is 7.88. The molecular formula is C23H36F2N2O3S. The van der Waals surface area contributed by atoms with Gasteiger partial charge in [-0.05, 0) is 64.3 Å². The zero-order chi connectivity index (χ0) is 22.9. The first-order chi connectivity index (χ1) is 14.8. The molecule has 2 rings (SSSR count). The Kier molecular flexibility index (Phi) is 10.6. The molecule has 0 spiro atoms. The van der Waals surface area contributed by atoms with E-state index in [9.17, 15) is 17.2 Å². The molecule has 0 bridgehead atoms. The van der Waals surface area contributed by atoms with Gasteiger partial charge in [0.15, 0.2) is 0 Å². The van der Waals surface area contributed by atoms with Crippen LogP contribution in [0.5, 0.6) is 0 Å². The highest BCUT2D eigenvalue weighted by Crippen LogP contribution is 2.29. The van der Waals surface area contributed by atoms with Gasteiger partial charge in [-0.25, -0.2) is 17.2 Å². The highest BCUT2D eigenvalue weighted by Gasteiger charge is 2.33. The molecule has 0 unspecified atom stereocenters. The predicted molar refractivity (Wildman–Crippen MR) is 119 cm³/mol. The molecular weight excluding hydrogens is 422 g/mol. The lowest BCUT2D eigenvalue weighted by atomic mass is 9.93. The Bertz CT molecular complexity index is 796. The molecule has 0 aromatic heterocycles. The smallest absolute Gasteiger partial charge is 0.245 e. The van der Waals surface area contributed by atoms with E-state index < -0.39 is 26.6 Å². The molecule has 8 heteroatoms. The van der Waals surface area contributed by atoms with Gasteiger partial charge >= 0.3 is 0 Å². The molecule has 176 valence electrons. The average Bonchev–Trinajstić information content (AvgIpc) is 2.73. The minimum Gasteiger partial charge on any atom is -0.378 e. The van der Waals surface area contributed by atoms with Crippen LogP contribution in [0.25, 0.3) is 0 Å². The highest BCUT2D eigenvalue weighted by molar-refractivity contribution is 7.89. The Hall–Kier alpha value is -1.35. The average molecular weight is 459 g/mol. The van der Waals surface area contributed by atoms with Crippen LogP contribution in [0.15, 0.2) is 35.7 Å². The van der Waals surface area contributed by atoms with Crippen molar-refractivity contribution in [2.24, 2.45) is 0 Å². The van der Waals surface area contributed by atoms with Crippen molar-refractivity contribution in [3.8, 4) is 0 Å². The largest absolute Gasteiger partial charge is 0.378 e. The van der Waals surface area contributed by atoms with Crippen molar-refractivity contribution in [1.29, 1.82) is 0 Å². The Morgan fingerprint density at radius 3 is 2.42 bits per heavy atom. The Labute approximate surface area is 186 Å². The number of hydrogen-bond acceptors (Lipinski definition) is 4. The maximum Gasteiger partial charge on any atom is 0.245 e. The summed E-state index contributed by atoms with van der Waals surface area (Å²) in [5.74, 6) is -1.85. The second kappa shape index (κ2) is 12.6. The van der Waals surface area contributed by atoms with E-state index in [-0.39, 0.29) is 12.1 Å². The van der Waals surface area contributed by atoms with Gasteiger partial charge in [0, 0.05) is 32.3 Å². The molecule has 0 radical (unpaired) electrons. The lowest BCUT2D eigenvalue weighted by Gasteiger charge is -2.34. The van der Waals surface area contributed by atoms with Gasteiger partial charge < -0.3 is 9.64 Å². The minimum absolute atomic E-state index is 0.147. The number of benzene rings is 1. The third-order valence-electron chi connectivity index (χ3n) is 5.94. The first-order valence-electron chi connectivity index (χ1n) is 11.1. The highest BCUT2D eigenvalue weighted by atomic mass is 32.2. The fourth-order valence-electron chi connectivity index (χ4n) is 4.01. The molecule has 0 N–H and O–H groups in total. The molecule has 1 aliphatic carbocycles. The second-order valence-electron chi connectivity index (χ2n) is 8.36. The summed E-state index contributed by atoms with van der Waals surface area (Å²) in [5, 5.41) is 0. The first-order valence-corrected chi connectivity index (χ1v) is 12.5. The summed E-state index contributed by atoms with van der Waals surface area (Å²) in [6.07, 6.45) is 9.48. The molecule has 1 fully saturated rings. The number of ether oxygens (including phenoxy) is 1. The molecule has 31 heavy (non-hydrogen) atoms. The van der Waals surface area contributed by atoms with Crippen molar-refractivity contribution < 1.29 is 21.9 Å². The Morgan fingerprint density at radius 1 is 1.10 bits per heavy atom. The van der Waals surface area contributed by atoms with Crippen molar-refractivity contribution in [3.63, 3.8) is 0 Å². The number of unbranched alkanes of at least 4 members (excludes halogenated alkanes) is 3. The van der Waals surface area contributed by atoms with Crippen molar-refractivity contribution in [1.82, 2.24) is 9.21 Å². The summed E-state index contributed by atoms with van der Waals surface area (Å²) in [5.41, 5.74) is 0. The number of likely N-dealkylation sites (N-methyl/N-ethyl adjacent to an activating group) is 1. The van der Waals surface area contributed by atoms with Crippen molar-refractivity contribution >= 4 is 10.0 Å². The molecule has 1 aliphatic rings. The maximum atomic E-state index is 14.0. The normalized spacial score (nSPS) is 19.8. The fraction of sp³-hybridized carbons (Fsp3) is 0.652. The van der Waals surface area contributed by atoms with Crippen molar-refractivity contribution in [2.45, 2.75) is 68.4 Å². The summed E-state index contributed by atoms with van der Waals surface area (Å²) < 4.78 is 59.8. The van der Waals surface area contributed by atoms with Gasteiger partial charge in [-0.3, -0.25) is 0 Å². The molecule has 0 amide bonds. The van der Waals surface area contributed by atoms with Gasteiger partial charge in [-0.1, -0.05) is 18.9 Å². The SMILES string of the molecule is C=CCN(C)CCCCCCOC1CCC(N(C)S(=O)(=O)c2ccc(F)cc2F)CC1. The number of hydrogen-bond donors (Lipinski definition) is 0. The molecule has 0 saturated heterocycles. The summed E-state index contributed by atoms with van der Waals surface area (Å²) >= 11 is 0. The lowest BCUT2D eigenvalue weighted by molar-refractivity contribution is 0.0156. The standard InChI is InChI=1S/C23H36F2N2O3S/c1-4-15-26(2)16-7-5-6-8-17-30-21-12-10-20(11-13-21)27(3)31(28,29)23-14-9-19(24)18-22(23)25/h4,9,14,18,20-21H,1,5-8,10-13,15-17H2,2-3H3. The van der Waals surface area contributed by atoms with Crippen LogP contribution in [0.2, 0.25) is 0 Å². The molecule has 1 aromatic carbocycles. The molecule has 0 aliphatic heterocycles. The maximum absolute atomic E-state index is 14.0. The van der Waals surface area contributed by atoms with Crippen LogP contribution in [0.1, 0.15) is 51.4 Å². The van der Waals surface area contributed by atoms with E-state index >= 15 is 0 Å². The molecule has 1 aromatic rings. The summed E-state index contributed by atoms with van der Waals surface area (Å²) in [4.78, 5) is 1.77. The van der Waals surface area contributed by atoms with Crippen LogP contribution in [-0.4, -0.2) is 63.6 Å². The summed E-state index contributed by atoms with van der Waals surface area (Å²) in [6, 6.07) is 2.35. The Morgan fingerprint density at radius 2 is 1.77 bits per heavy atom. The summed E-state index contributed by atoms with van der Waals surface area (Å²) in [6.45, 7) is 6.47. The van der Waals surface area contributed by atoms with E-state index in [1.165, 1.54) is 24.2 Å². The zero-order valence-electron chi connectivity index (χ0n) is 18.7. The van der Waals surface area contributed by atoms with Crippen LogP contribution in [0.4, 0.5) is 8.78 Å². The zero-order valence-corrected chi connectivity index (χ0v) is 19.5. The summed E-state index contributed by atoms with van der Waals surface area (Å²) in [7, 11) is -0.435. The second-order valence-corrected chi connectivity index (χ2v) is 10.3. The monoisotopic (exact) mass is 458 g/mol. The van der Waals surface area contributed by atoms with Crippen LogP contribution in [-0.2, 0) is 14.8 Å². The lowest BCUT2D eigenvalue weighted by Crippen LogP contribution is -2.41. The van der Waals surface area contributed by atoms with Crippen LogP contribution < -0.4 is 0 Å². The molecule has 5 nitrogen and oxygen atoms in total. The molecule has 0 atom stereocenters. The number of nitrogens with zero attached hydrogens (tertiary/aromatic N) is 2. The van der Waals surface area contributed by atoms with Crippen molar-refractivity contribution in [3.05, 3.63) is 42.5 Å². The third kappa shape index (κ3) is 7.93. The fourth-order valence-corrected chi connectivity index (χ4v) is 5.47. The van der Waals surface area contributed by atoms with Crippen molar-refractivity contribution in [2.75, 3.05) is 33.8 Å². The van der Waals surface area contributed by atoms with E-state index in [1.807, 2.05) is 6.08 Å². The van der Waals surface area contributed by atoms with Gasteiger partial charge in [0.2, 0.25) is 10.0 Å².